The molecule has 2 amide bonds. The molecular weight excluding hydrogens is 617 g/mol. The summed E-state index contributed by atoms with van der Waals surface area (Å²) in [7, 11) is -4.23. The van der Waals surface area contributed by atoms with Gasteiger partial charge >= 0.3 is 0 Å². The molecule has 0 heterocycles. The van der Waals surface area contributed by atoms with Gasteiger partial charge in [-0.25, -0.2) is 8.42 Å². The van der Waals surface area contributed by atoms with E-state index in [0.717, 1.165) is 9.87 Å². The van der Waals surface area contributed by atoms with E-state index in [1.807, 2.05) is 50.2 Å². The van der Waals surface area contributed by atoms with Crippen molar-refractivity contribution in [2.75, 3.05) is 17.4 Å². The van der Waals surface area contributed by atoms with Crippen molar-refractivity contribution in [3.63, 3.8) is 0 Å². The fourth-order valence-electron chi connectivity index (χ4n) is 4.70. The largest absolute Gasteiger partial charge is 0.354 e. The van der Waals surface area contributed by atoms with Crippen molar-refractivity contribution in [1.29, 1.82) is 0 Å². The Morgan fingerprint density at radius 3 is 2.05 bits per heavy atom. The van der Waals surface area contributed by atoms with Crippen LogP contribution in [0, 0.1) is 5.92 Å². The second kappa shape index (κ2) is 15.2. The number of para-hydroxylation sites is 1. The Labute approximate surface area is 269 Å². The summed E-state index contributed by atoms with van der Waals surface area (Å²) in [5, 5.41) is 3.61. The lowest BCUT2D eigenvalue weighted by atomic mass is 10.0. The monoisotopic (exact) mass is 651 g/mol. The summed E-state index contributed by atoms with van der Waals surface area (Å²) in [6.07, 6.45) is 0.217. The maximum absolute atomic E-state index is 14.4. The number of benzene rings is 4. The lowest BCUT2D eigenvalue weighted by molar-refractivity contribution is -0.140. The van der Waals surface area contributed by atoms with E-state index in [4.69, 9.17) is 23.2 Å². The zero-order valence-electron chi connectivity index (χ0n) is 24.6. The summed E-state index contributed by atoms with van der Waals surface area (Å²) in [5.41, 5.74) is 1.69. The molecule has 230 valence electrons. The summed E-state index contributed by atoms with van der Waals surface area (Å²) in [4.78, 5) is 29.7. The van der Waals surface area contributed by atoms with Crippen molar-refractivity contribution >= 4 is 50.7 Å². The molecular formula is C34H35Cl2N3O4S. The first-order valence-electron chi connectivity index (χ1n) is 14.2. The summed E-state index contributed by atoms with van der Waals surface area (Å²) in [6.45, 7) is 3.81. The van der Waals surface area contributed by atoms with Gasteiger partial charge in [0.15, 0.2) is 0 Å². The fraction of sp³-hybridized carbons (Fsp3) is 0.235. The highest BCUT2D eigenvalue weighted by Crippen LogP contribution is 2.31. The molecule has 0 aromatic heterocycles. The summed E-state index contributed by atoms with van der Waals surface area (Å²) in [6, 6.07) is 29.8. The Kier molecular flexibility index (Phi) is 11.4. The third-order valence-corrected chi connectivity index (χ3v) is 9.26. The van der Waals surface area contributed by atoms with E-state index >= 15 is 0 Å². The molecule has 4 aromatic rings. The van der Waals surface area contributed by atoms with Crippen molar-refractivity contribution in [3.8, 4) is 0 Å². The molecule has 0 bridgehead atoms. The number of hydrogen-bond acceptors (Lipinski definition) is 4. The number of amides is 2. The molecule has 1 atom stereocenters. The second-order valence-electron chi connectivity index (χ2n) is 10.8. The normalized spacial score (nSPS) is 12.0. The van der Waals surface area contributed by atoms with Gasteiger partial charge in [0.05, 0.1) is 15.6 Å². The highest BCUT2D eigenvalue weighted by Gasteiger charge is 2.35. The standard InChI is InChI=1S/C34H35Cl2N3O4S/c1-25(2)22-37-34(41)32(21-26-12-5-3-6-13-26)38(23-27-14-11-15-28(35)20-27)33(40)24-39(31-19-10-9-18-30(31)36)44(42,43)29-16-7-4-8-17-29/h3-20,25,32H,21-24H2,1-2H3,(H,37,41). The van der Waals surface area contributed by atoms with Crippen LogP contribution < -0.4 is 9.62 Å². The topological polar surface area (TPSA) is 86.8 Å². The third-order valence-electron chi connectivity index (χ3n) is 6.93. The van der Waals surface area contributed by atoms with E-state index in [1.165, 1.54) is 17.0 Å². The van der Waals surface area contributed by atoms with Crippen molar-refractivity contribution in [3.05, 3.63) is 130 Å². The van der Waals surface area contributed by atoms with Crippen molar-refractivity contribution in [2.45, 2.75) is 37.8 Å². The van der Waals surface area contributed by atoms with Crippen LogP contribution >= 0.6 is 23.2 Å². The first-order valence-corrected chi connectivity index (χ1v) is 16.4. The predicted molar refractivity (Wildman–Crippen MR) is 176 cm³/mol. The molecule has 0 aliphatic rings. The molecule has 0 saturated heterocycles. The number of rotatable bonds is 13. The van der Waals surface area contributed by atoms with Crippen LogP contribution in [0.5, 0.6) is 0 Å². The molecule has 0 saturated carbocycles. The zero-order valence-corrected chi connectivity index (χ0v) is 26.9. The molecule has 4 rings (SSSR count). The van der Waals surface area contributed by atoms with Gasteiger partial charge in [-0.1, -0.05) is 110 Å². The van der Waals surface area contributed by atoms with Crippen LogP contribution in [0.25, 0.3) is 0 Å². The van der Waals surface area contributed by atoms with Crippen LogP contribution in [0.15, 0.2) is 114 Å². The lowest BCUT2D eigenvalue weighted by Crippen LogP contribution is -2.53. The van der Waals surface area contributed by atoms with Crippen LogP contribution in [0.1, 0.15) is 25.0 Å². The molecule has 10 heteroatoms. The van der Waals surface area contributed by atoms with E-state index < -0.39 is 28.5 Å². The summed E-state index contributed by atoms with van der Waals surface area (Å²) >= 11 is 12.8. The number of halogens is 2. The maximum atomic E-state index is 14.4. The minimum atomic E-state index is -4.23. The lowest BCUT2D eigenvalue weighted by Gasteiger charge is -2.34. The fourth-order valence-corrected chi connectivity index (χ4v) is 6.65. The van der Waals surface area contributed by atoms with Crippen LogP contribution in [-0.4, -0.2) is 44.3 Å². The number of hydrogen-bond donors (Lipinski definition) is 1. The van der Waals surface area contributed by atoms with Crippen LogP contribution in [0.2, 0.25) is 10.0 Å². The molecule has 0 aliphatic carbocycles. The van der Waals surface area contributed by atoms with E-state index in [1.54, 1.807) is 60.7 Å². The Morgan fingerprint density at radius 2 is 1.41 bits per heavy atom. The van der Waals surface area contributed by atoms with E-state index in [-0.39, 0.29) is 40.4 Å². The van der Waals surface area contributed by atoms with Gasteiger partial charge in [-0.2, -0.15) is 0 Å². The molecule has 44 heavy (non-hydrogen) atoms. The van der Waals surface area contributed by atoms with Crippen molar-refractivity contribution < 1.29 is 18.0 Å². The van der Waals surface area contributed by atoms with Gasteiger partial charge in [0.1, 0.15) is 12.6 Å². The van der Waals surface area contributed by atoms with Gasteiger partial charge in [0, 0.05) is 24.5 Å². The third kappa shape index (κ3) is 8.62. The number of nitrogens with one attached hydrogen (secondary N) is 1. The second-order valence-corrected chi connectivity index (χ2v) is 13.5. The molecule has 7 nitrogen and oxygen atoms in total. The minimum absolute atomic E-state index is 0.00428. The molecule has 1 unspecified atom stereocenters. The molecule has 4 aromatic carbocycles. The first kappa shape index (κ1) is 33.1. The smallest absolute Gasteiger partial charge is 0.264 e. The average Bonchev–Trinajstić information content (AvgIpc) is 3.01. The van der Waals surface area contributed by atoms with Crippen molar-refractivity contribution in [2.24, 2.45) is 5.92 Å². The predicted octanol–water partition coefficient (Wildman–Crippen LogP) is 6.60. The minimum Gasteiger partial charge on any atom is -0.354 e. The number of carbonyl (C=O) groups excluding carboxylic acids is 2. The molecule has 1 N–H and O–H groups in total. The van der Waals surface area contributed by atoms with Gasteiger partial charge in [0.2, 0.25) is 11.8 Å². The first-order chi connectivity index (χ1) is 21.1. The van der Waals surface area contributed by atoms with Gasteiger partial charge in [-0.3, -0.25) is 13.9 Å². The average molecular weight is 653 g/mol. The van der Waals surface area contributed by atoms with Crippen molar-refractivity contribution in [1.82, 2.24) is 10.2 Å². The van der Waals surface area contributed by atoms with Crippen LogP contribution in [0.4, 0.5) is 5.69 Å². The molecule has 0 fully saturated rings. The quantitative estimate of drug-likeness (QED) is 0.176. The van der Waals surface area contributed by atoms with E-state index in [2.05, 4.69) is 5.32 Å². The summed E-state index contributed by atoms with van der Waals surface area (Å²) < 4.78 is 29.0. The zero-order chi connectivity index (χ0) is 31.7. The van der Waals surface area contributed by atoms with Crippen LogP contribution in [-0.2, 0) is 32.6 Å². The van der Waals surface area contributed by atoms with E-state index in [0.29, 0.717) is 17.1 Å². The SMILES string of the molecule is CC(C)CNC(=O)C(Cc1ccccc1)N(Cc1cccc(Cl)c1)C(=O)CN(c1ccccc1Cl)S(=O)(=O)c1ccccc1. The van der Waals surface area contributed by atoms with Crippen LogP contribution in [0.3, 0.4) is 0 Å². The molecule has 0 spiro atoms. The number of nitrogens with zero attached hydrogens (tertiary/aromatic N) is 2. The molecule has 0 radical (unpaired) electrons. The highest BCUT2D eigenvalue weighted by molar-refractivity contribution is 7.92. The highest BCUT2D eigenvalue weighted by atomic mass is 35.5. The van der Waals surface area contributed by atoms with Gasteiger partial charge in [-0.05, 0) is 53.4 Å². The Bertz CT molecular complexity index is 1670. The summed E-state index contributed by atoms with van der Waals surface area (Å²) in [5.74, 6) is -0.738. The Balaban J connectivity index is 1.80. The number of sulfonamides is 1. The molecule has 0 aliphatic heterocycles. The number of carbonyl (C=O) groups is 2. The van der Waals surface area contributed by atoms with E-state index in [9.17, 15) is 18.0 Å². The van der Waals surface area contributed by atoms with Gasteiger partial charge in [-0.15, -0.1) is 0 Å². The number of anilines is 1. The maximum Gasteiger partial charge on any atom is 0.264 e. The Morgan fingerprint density at radius 1 is 0.795 bits per heavy atom. The van der Waals surface area contributed by atoms with Gasteiger partial charge < -0.3 is 10.2 Å². The van der Waals surface area contributed by atoms with Gasteiger partial charge in [0.25, 0.3) is 10.0 Å². The Hall–Kier alpha value is -3.85.